The van der Waals surface area contributed by atoms with Gasteiger partial charge in [0.15, 0.2) is 0 Å². The summed E-state index contributed by atoms with van der Waals surface area (Å²) >= 11 is 0. The number of hydrogen-bond acceptors (Lipinski definition) is 8. The highest BCUT2D eigenvalue weighted by atomic mass is 32.2. The molecule has 10 nitrogen and oxygen atoms in total. The van der Waals surface area contributed by atoms with Crippen molar-refractivity contribution in [2.24, 2.45) is 0 Å². The fraction of sp³-hybridized carbons (Fsp3) is 0.0400. The molecule has 0 saturated heterocycles. The highest BCUT2D eigenvalue weighted by Gasteiger charge is 2.42. The van der Waals surface area contributed by atoms with Crippen LogP contribution in [0.1, 0.15) is 74.8 Å². The van der Waals surface area contributed by atoms with Gasteiger partial charge in [0.2, 0.25) is 9.84 Å². The summed E-state index contributed by atoms with van der Waals surface area (Å²) < 4.78 is 30.1. The second-order valence-corrected chi connectivity index (χ2v) is 16.6. The van der Waals surface area contributed by atoms with E-state index in [1.807, 2.05) is 24.3 Å². The Kier molecular flexibility index (Phi) is 9.64. The molecule has 4 N–H and O–H groups in total. The number of carbonyl (C=O) groups is 4. The summed E-state index contributed by atoms with van der Waals surface area (Å²) in [5.74, 6) is -2.32. The largest absolute Gasteiger partial charge is 0.399 e. The van der Waals surface area contributed by atoms with Gasteiger partial charge in [-0.15, -0.1) is 0 Å². The van der Waals surface area contributed by atoms with Crippen LogP contribution >= 0.6 is 0 Å². The maximum atomic E-state index is 15.0. The normalized spacial score (nSPS) is 13.3. The van der Waals surface area contributed by atoms with Crippen LogP contribution in [0.3, 0.4) is 0 Å². The Labute approximate surface area is 353 Å². The van der Waals surface area contributed by atoms with Crippen LogP contribution < -0.4 is 21.3 Å². The van der Waals surface area contributed by atoms with Crippen LogP contribution in [0.5, 0.6) is 0 Å². The molecule has 8 rings (SSSR count). The smallest absolute Gasteiger partial charge is 0.266 e. The van der Waals surface area contributed by atoms with E-state index in [1.165, 1.54) is 36.4 Å². The molecule has 11 heteroatoms. The topological polar surface area (TPSA) is 161 Å². The van der Waals surface area contributed by atoms with Gasteiger partial charge in [0, 0.05) is 33.6 Å². The third kappa shape index (κ3) is 6.13. The first-order chi connectivity index (χ1) is 29.2. The second kappa shape index (κ2) is 14.7. The van der Waals surface area contributed by atoms with Gasteiger partial charge in [-0.25, -0.2) is 18.2 Å². The molecular weight excluding hydrogens is 785 g/mol. The van der Waals surface area contributed by atoms with Gasteiger partial charge < -0.3 is 11.5 Å². The number of anilines is 4. The molecule has 300 valence electrons. The van der Waals surface area contributed by atoms with E-state index in [-0.39, 0.29) is 65.7 Å². The highest BCUT2D eigenvalue weighted by Crippen LogP contribution is 2.46. The number of carbonyl (C=O) groups excluding carboxylic acids is 4. The lowest BCUT2D eigenvalue weighted by Gasteiger charge is -2.26. The predicted molar refractivity (Wildman–Crippen MR) is 243 cm³/mol. The fourth-order valence-corrected chi connectivity index (χ4v) is 10.1. The third-order valence-electron chi connectivity index (χ3n) is 11.1. The van der Waals surface area contributed by atoms with Crippen molar-refractivity contribution in [3.63, 3.8) is 0 Å². The van der Waals surface area contributed by atoms with Crippen LogP contribution in [0.25, 0.3) is 46.6 Å². The molecule has 2 aliphatic rings. The second-order valence-electron chi connectivity index (χ2n) is 14.7. The van der Waals surface area contributed by atoms with Crippen LogP contribution in [0.2, 0.25) is 0 Å². The van der Waals surface area contributed by atoms with E-state index >= 15 is 8.42 Å². The van der Waals surface area contributed by atoms with Crippen molar-refractivity contribution < 1.29 is 27.6 Å². The number of imide groups is 2. The van der Waals surface area contributed by atoms with Gasteiger partial charge in [0.1, 0.15) is 0 Å². The van der Waals surface area contributed by atoms with E-state index in [9.17, 15) is 19.2 Å². The molecule has 0 aliphatic carbocycles. The van der Waals surface area contributed by atoms with E-state index in [1.54, 1.807) is 74.5 Å². The zero-order valence-corrected chi connectivity index (χ0v) is 34.1. The molecule has 0 unspecified atom stereocenters. The Bertz CT molecular complexity index is 3060. The van der Waals surface area contributed by atoms with Crippen molar-refractivity contribution in [3.05, 3.63) is 179 Å². The molecule has 61 heavy (non-hydrogen) atoms. The minimum atomic E-state index is -4.49. The number of benzene rings is 6. The van der Waals surface area contributed by atoms with Crippen LogP contribution in [-0.2, 0) is 9.84 Å². The monoisotopic (exact) mass is 822 g/mol. The predicted octanol–water partition coefficient (Wildman–Crippen LogP) is 9.81. The van der Waals surface area contributed by atoms with Crippen molar-refractivity contribution in [1.82, 2.24) is 0 Å². The van der Waals surface area contributed by atoms with Crippen LogP contribution in [-0.4, -0.2) is 32.0 Å². The van der Waals surface area contributed by atoms with E-state index in [2.05, 4.69) is 26.3 Å². The molecule has 0 atom stereocenters. The number of nitrogens with zero attached hydrogens (tertiary/aromatic N) is 2. The number of fused-ring (bicyclic) bond motifs is 2. The van der Waals surface area contributed by atoms with Crippen LogP contribution in [0.15, 0.2) is 133 Å². The quantitative estimate of drug-likeness (QED) is 0.102. The molecule has 2 aliphatic heterocycles. The summed E-state index contributed by atoms with van der Waals surface area (Å²) in [5.41, 5.74) is 18.2. The molecule has 6 aromatic rings. The minimum Gasteiger partial charge on any atom is -0.399 e. The molecule has 0 saturated carbocycles. The summed E-state index contributed by atoms with van der Waals surface area (Å²) in [6, 6.07) is 27.0. The Balaban J connectivity index is 1.21. The van der Waals surface area contributed by atoms with E-state index < -0.39 is 33.5 Å². The Morgan fingerprint density at radius 2 is 0.803 bits per heavy atom. The molecule has 6 aromatic carbocycles. The Morgan fingerprint density at radius 3 is 1.18 bits per heavy atom. The lowest BCUT2D eigenvalue weighted by molar-refractivity contribution is 0.0910. The summed E-state index contributed by atoms with van der Waals surface area (Å²) in [4.78, 5) is 58.0. The van der Waals surface area contributed by atoms with Gasteiger partial charge in [0.05, 0.1) is 43.4 Å². The molecule has 0 aromatic heterocycles. The number of nitrogen functional groups attached to an aromatic ring is 2. The van der Waals surface area contributed by atoms with Crippen molar-refractivity contribution in [3.8, 4) is 22.3 Å². The van der Waals surface area contributed by atoms with Crippen LogP contribution in [0, 0.1) is 13.8 Å². The SMILES string of the molecule is C=Cc1c(C=C)c(S(=O)(=O)c2cc(C)c(N3C(=O)c4ccc(-c5ccc(N)cc5)cc4C3=O)c(C)c2)c(C=C)c(C=C)c1N1C(=O)c2ccc(-c3ccc(N)cc3)cc2C1=O. The van der Waals surface area contributed by atoms with E-state index in [4.69, 9.17) is 11.5 Å². The highest BCUT2D eigenvalue weighted by molar-refractivity contribution is 7.91. The lowest BCUT2D eigenvalue weighted by atomic mass is 9.93. The van der Waals surface area contributed by atoms with Gasteiger partial charge in [-0.05, 0) is 108 Å². The maximum Gasteiger partial charge on any atom is 0.266 e. The molecule has 0 fully saturated rings. The first-order valence-corrected chi connectivity index (χ1v) is 20.5. The summed E-state index contributed by atoms with van der Waals surface area (Å²) in [7, 11) is -4.49. The zero-order chi connectivity index (χ0) is 43.7. The first-order valence-electron chi connectivity index (χ1n) is 19.0. The number of amides is 4. The number of nitrogens with two attached hydrogens (primary N) is 2. The summed E-state index contributed by atoms with van der Waals surface area (Å²) in [6.07, 6.45) is 5.40. The average molecular weight is 823 g/mol. The van der Waals surface area contributed by atoms with E-state index in [0.29, 0.717) is 28.1 Å². The summed E-state index contributed by atoms with van der Waals surface area (Å²) in [6.45, 7) is 19.1. The Hall–Kier alpha value is -7.89. The average Bonchev–Trinajstić information content (AvgIpc) is 3.65. The molecule has 0 bridgehead atoms. The first kappa shape index (κ1) is 39.9. The van der Waals surface area contributed by atoms with E-state index in [0.717, 1.165) is 26.5 Å². The minimum absolute atomic E-state index is 0.0706. The van der Waals surface area contributed by atoms with Crippen molar-refractivity contribution in [2.75, 3.05) is 21.3 Å². The summed E-state index contributed by atoms with van der Waals surface area (Å²) in [5, 5.41) is 0. The maximum absolute atomic E-state index is 15.0. The van der Waals surface area contributed by atoms with Gasteiger partial charge in [-0.1, -0.05) is 87.0 Å². The standard InChI is InChI=1S/C50H38N4O6S/c1-7-36-38(9-3)46(39(10-4)37(8-2)45(36)54-48(56)41-22-16-32(26-43(41)50(54)58)30-13-19-34(52)20-14-30)61(59,60)35-23-27(5)44(28(6)24-35)53-47(55)40-21-15-31(25-42(40)49(53)57)29-11-17-33(51)18-12-29/h7-26H,1-4,51-52H2,5-6H3. The fourth-order valence-electron chi connectivity index (χ4n) is 8.28. The van der Waals surface area contributed by atoms with Gasteiger partial charge in [-0.3, -0.25) is 19.2 Å². The van der Waals surface area contributed by atoms with Crippen LogP contribution in [0.4, 0.5) is 22.7 Å². The molecule has 0 radical (unpaired) electrons. The molecule has 0 spiro atoms. The number of sulfone groups is 1. The third-order valence-corrected chi connectivity index (χ3v) is 13.0. The number of hydrogen-bond donors (Lipinski definition) is 2. The number of rotatable bonds is 10. The molecular formula is C50H38N4O6S. The van der Waals surface area contributed by atoms with Crippen molar-refractivity contribution in [1.29, 1.82) is 0 Å². The lowest BCUT2D eigenvalue weighted by Crippen LogP contribution is -2.31. The van der Waals surface area contributed by atoms with Gasteiger partial charge in [0.25, 0.3) is 23.6 Å². The van der Waals surface area contributed by atoms with Crippen molar-refractivity contribution in [2.45, 2.75) is 23.6 Å². The zero-order valence-electron chi connectivity index (χ0n) is 33.3. The molecule has 4 amide bonds. The van der Waals surface area contributed by atoms with Crippen molar-refractivity contribution >= 4 is 80.5 Å². The van der Waals surface area contributed by atoms with Gasteiger partial charge in [-0.2, -0.15) is 0 Å². The number of aryl methyl sites for hydroxylation is 2. The van der Waals surface area contributed by atoms with Gasteiger partial charge >= 0.3 is 0 Å². The Morgan fingerprint density at radius 1 is 0.459 bits per heavy atom. The molecule has 2 heterocycles.